The van der Waals surface area contributed by atoms with Crippen molar-refractivity contribution in [2.24, 2.45) is 0 Å². The maximum absolute atomic E-state index is 12.3. The Hall–Kier alpha value is -3.12. The summed E-state index contributed by atoms with van der Waals surface area (Å²) in [5.41, 5.74) is 3.33. The van der Waals surface area contributed by atoms with E-state index in [-0.39, 0.29) is 5.91 Å². The van der Waals surface area contributed by atoms with Gasteiger partial charge < -0.3 is 15.4 Å². The molecular weight excluding hydrogens is 376 g/mol. The maximum atomic E-state index is 12.3. The minimum atomic E-state index is -0.214. The zero-order valence-electron chi connectivity index (χ0n) is 15.7. The van der Waals surface area contributed by atoms with E-state index >= 15 is 0 Å². The van der Waals surface area contributed by atoms with Gasteiger partial charge in [0.05, 0.1) is 12.7 Å². The number of hydrogen-bond donors (Lipinski definition) is 2. The molecule has 3 aromatic rings. The van der Waals surface area contributed by atoms with Gasteiger partial charge >= 0.3 is 0 Å². The quantitative estimate of drug-likeness (QED) is 0.627. The summed E-state index contributed by atoms with van der Waals surface area (Å²) in [5, 5.41) is 6.60. The largest absolute Gasteiger partial charge is 0.497 e. The highest BCUT2D eigenvalue weighted by Crippen LogP contribution is 2.22. The molecule has 0 aliphatic rings. The minimum absolute atomic E-state index is 0.214. The number of nitrogens with zero attached hydrogens (tertiary/aromatic N) is 2. The van der Waals surface area contributed by atoms with Crippen LogP contribution in [0.3, 0.4) is 0 Å². The molecule has 0 radical (unpaired) electrons. The van der Waals surface area contributed by atoms with Crippen molar-refractivity contribution in [3.05, 3.63) is 76.6 Å². The summed E-state index contributed by atoms with van der Waals surface area (Å²) in [6, 6.07) is 13.3. The summed E-state index contributed by atoms with van der Waals surface area (Å²) in [5.74, 6) is 0.988. The Labute approximate surface area is 168 Å². The number of aryl methyl sites for hydroxylation is 1. The second kappa shape index (κ2) is 9.19. The third-order valence-corrected chi connectivity index (χ3v) is 4.43. The number of carbonyl (C=O) groups is 1. The van der Waals surface area contributed by atoms with Gasteiger partial charge in [-0.25, -0.2) is 9.97 Å². The lowest BCUT2D eigenvalue weighted by Gasteiger charge is -2.09. The Bertz CT molecular complexity index is 961. The molecule has 1 amide bonds. The molecule has 3 rings (SSSR count). The van der Waals surface area contributed by atoms with Crippen LogP contribution in [0.2, 0.25) is 5.02 Å². The van der Waals surface area contributed by atoms with Crippen LogP contribution in [0.5, 0.6) is 5.75 Å². The van der Waals surface area contributed by atoms with Crippen molar-refractivity contribution in [1.82, 2.24) is 15.3 Å². The number of benzene rings is 2. The topological polar surface area (TPSA) is 76.1 Å². The molecule has 0 saturated carbocycles. The molecule has 2 N–H and O–H groups in total. The first-order valence-corrected chi connectivity index (χ1v) is 9.19. The molecule has 2 aromatic carbocycles. The summed E-state index contributed by atoms with van der Waals surface area (Å²) in [4.78, 5) is 20.7. The van der Waals surface area contributed by atoms with E-state index in [4.69, 9.17) is 16.3 Å². The molecule has 7 heteroatoms. The number of rotatable bonds is 7. The molecule has 0 saturated heterocycles. The van der Waals surface area contributed by atoms with Crippen LogP contribution in [-0.4, -0.2) is 29.5 Å². The molecule has 0 aliphatic carbocycles. The highest BCUT2D eigenvalue weighted by atomic mass is 35.5. The van der Waals surface area contributed by atoms with Gasteiger partial charge in [0.15, 0.2) is 0 Å². The Balaban J connectivity index is 1.55. The minimum Gasteiger partial charge on any atom is -0.497 e. The Morgan fingerprint density at radius 2 is 1.93 bits per heavy atom. The molecule has 1 heterocycles. The predicted octanol–water partition coefficient (Wildman–Crippen LogP) is 4.16. The third kappa shape index (κ3) is 5.20. The van der Waals surface area contributed by atoms with Crippen molar-refractivity contribution in [1.29, 1.82) is 0 Å². The Kier molecular flexibility index (Phi) is 6.45. The molecule has 0 spiro atoms. The first-order valence-electron chi connectivity index (χ1n) is 8.81. The second-order valence-electron chi connectivity index (χ2n) is 6.24. The van der Waals surface area contributed by atoms with Crippen LogP contribution in [0, 0.1) is 6.92 Å². The van der Waals surface area contributed by atoms with Crippen LogP contribution in [0.15, 0.2) is 54.9 Å². The molecule has 0 bridgehead atoms. The van der Waals surface area contributed by atoms with E-state index in [1.165, 1.54) is 12.4 Å². The number of amides is 1. The second-order valence-corrected chi connectivity index (χ2v) is 6.67. The molecule has 0 aliphatic heterocycles. The Morgan fingerprint density at radius 3 is 2.68 bits per heavy atom. The standard InChI is InChI=1S/C21H21ClN4O2/c1-14-6-7-17(22)11-19(14)26-21-24-12-16(13-25-21)20(27)23-9-8-15-4-3-5-18(10-15)28-2/h3-7,10-13H,8-9H2,1-2H3,(H,23,27)(H,24,25,26). The first-order chi connectivity index (χ1) is 13.5. The van der Waals surface area contributed by atoms with Crippen molar-refractivity contribution in [2.75, 3.05) is 19.0 Å². The van der Waals surface area contributed by atoms with Gasteiger partial charge in [-0.05, 0) is 48.7 Å². The van der Waals surface area contributed by atoms with Gasteiger partial charge in [0.2, 0.25) is 5.95 Å². The Morgan fingerprint density at radius 1 is 1.14 bits per heavy atom. The molecule has 1 aromatic heterocycles. The number of anilines is 2. The van der Waals surface area contributed by atoms with E-state index in [0.717, 1.165) is 22.6 Å². The lowest BCUT2D eigenvalue weighted by Crippen LogP contribution is -2.26. The molecule has 6 nitrogen and oxygen atoms in total. The van der Waals surface area contributed by atoms with E-state index in [9.17, 15) is 4.79 Å². The van der Waals surface area contributed by atoms with Gasteiger partial charge in [0.1, 0.15) is 5.75 Å². The first kappa shape index (κ1) is 19.6. The van der Waals surface area contributed by atoms with Crippen LogP contribution in [0.1, 0.15) is 21.5 Å². The smallest absolute Gasteiger partial charge is 0.254 e. The maximum Gasteiger partial charge on any atom is 0.254 e. The van der Waals surface area contributed by atoms with Gasteiger partial charge in [-0.1, -0.05) is 29.8 Å². The van der Waals surface area contributed by atoms with Crippen LogP contribution in [-0.2, 0) is 6.42 Å². The molecule has 28 heavy (non-hydrogen) atoms. The number of nitrogens with one attached hydrogen (secondary N) is 2. The van der Waals surface area contributed by atoms with Crippen LogP contribution in [0.25, 0.3) is 0 Å². The van der Waals surface area contributed by atoms with E-state index in [0.29, 0.717) is 29.5 Å². The molecule has 0 unspecified atom stereocenters. The monoisotopic (exact) mass is 396 g/mol. The SMILES string of the molecule is COc1cccc(CCNC(=O)c2cnc(Nc3cc(Cl)ccc3C)nc2)c1. The van der Waals surface area contributed by atoms with Crippen LogP contribution >= 0.6 is 11.6 Å². The van der Waals surface area contributed by atoms with Crippen molar-refractivity contribution in [3.8, 4) is 5.75 Å². The average Bonchev–Trinajstić information content (AvgIpc) is 2.71. The average molecular weight is 397 g/mol. The lowest BCUT2D eigenvalue weighted by atomic mass is 10.1. The van der Waals surface area contributed by atoms with Crippen LogP contribution in [0.4, 0.5) is 11.6 Å². The van der Waals surface area contributed by atoms with Gasteiger partial charge in [-0.2, -0.15) is 0 Å². The van der Waals surface area contributed by atoms with Crippen molar-refractivity contribution in [3.63, 3.8) is 0 Å². The number of halogens is 1. The van der Waals surface area contributed by atoms with Crippen LogP contribution < -0.4 is 15.4 Å². The summed E-state index contributed by atoms with van der Waals surface area (Å²) in [7, 11) is 1.63. The highest BCUT2D eigenvalue weighted by Gasteiger charge is 2.08. The summed E-state index contributed by atoms with van der Waals surface area (Å²) in [6.07, 6.45) is 3.70. The van der Waals surface area contributed by atoms with E-state index in [2.05, 4.69) is 20.6 Å². The molecule has 144 valence electrons. The lowest BCUT2D eigenvalue weighted by molar-refractivity contribution is 0.0953. The summed E-state index contributed by atoms with van der Waals surface area (Å²) < 4.78 is 5.20. The number of methoxy groups -OCH3 is 1. The van der Waals surface area contributed by atoms with E-state index < -0.39 is 0 Å². The molecule has 0 fully saturated rings. The van der Waals surface area contributed by atoms with Gasteiger partial charge in [-0.3, -0.25) is 4.79 Å². The summed E-state index contributed by atoms with van der Waals surface area (Å²) in [6.45, 7) is 2.47. The normalized spacial score (nSPS) is 10.4. The number of hydrogen-bond acceptors (Lipinski definition) is 5. The fraction of sp³-hybridized carbons (Fsp3) is 0.190. The van der Waals surface area contributed by atoms with E-state index in [1.54, 1.807) is 13.2 Å². The number of ether oxygens (including phenoxy) is 1. The predicted molar refractivity (Wildman–Crippen MR) is 111 cm³/mol. The fourth-order valence-electron chi connectivity index (χ4n) is 2.61. The molecule has 0 atom stereocenters. The molecular formula is C21H21ClN4O2. The number of aromatic nitrogens is 2. The number of carbonyl (C=O) groups excluding carboxylic acids is 1. The zero-order valence-corrected chi connectivity index (χ0v) is 16.5. The zero-order chi connectivity index (χ0) is 19.9. The third-order valence-electron chi connectivity index (χ3n) is 4.19. The van der Waals surface area contributed by atoms with Gasteiger partial charge in [0.25, 0.3) is 5.91 Å². The van der Waals surface area contributed by atoms with Gasteiger partial charge in [-0.15, -0.1) is 0 Å². The highest BCUT2D eigenvalue weighted by molar-refractivity contribution is 6.30. The van der Waals surface area contributed by atoms with Gasteiger partial charge in [0, 0.05) is 29.6 Å². The summed E-state index contributed by atoms with van der Waals surface area (Å²) >= 11 is 6.02. The van der Waals surface area contributed by atoms with Crippen molar-refractivity contribution >= 4 is 29.1 Å². The van der Waals surface area contributed by atoms with E-state index in [1.807, 2.05) is 43.3 Å². The fourth-order valence-corrected chi connectivity index (χ4v) is 2.78. The van der Waals surface area contributed by atoms with Crippen molar-refractivity contribution in [2.45, 2.75) is 13.3 Å². The van der Waals surface area contributed by atoms with Crippen molar-refractivity contribution < 1.29 is 9.53 Å².